The van der Waals surface area contributed by atoms with Crippen molar-refractivity contribution in [3.63, 3.8) is 0 Å². The maximum absolute atomic E-state index is 11.6. The predicted octanol–water partition coefficient (Wildman–Crippen LogP) is 2.09. The Morgan fingerprint density at radius 3 is 2.12 bits per heavy atom. The summed E-state index contributed by atoms with van der Waals surface area (Å²) in [5.41, 5.74) is -0.920. The minimum atomic E-state index is -3.15. The molecule has 16 heavy (non-hydrogen) atoms. The van der Waals surface area contributed by atoms with E-state index < -0.39 is 26.5 Å². The number of hydrogen-bond acceptors (Lipinski definition) is 3. The van der Waals surface area contributed by atoms with Gasteiger partial charge in [0.1, 0.15) is 0 Å². The standard InChI is InChI=1S/C11H22O4S/c1-5-6-11(4,10(12)13)7-8-16(14,15)9(2)3/h9H,5-8H2,1-4H3,(H,12,13). The molecule has 1 N–H and O–H groups in total. The molecule has 1 atom stereocenters. The summed E-state index contributed by atoms with van der Waals surface area (Å²) in [6.07, 6.45) is 1.44. The van der Waals surface area contributed by atoms with Crippen molar-refractivity contribution in [1.29, 1.82) is 0 Å². The van der Waals surface area contributed by atoms with Crippen molar-refractivity contribution in [2.75, 3.05) is 5.75 Å². The smallest absolute Gasteiger partial charge is 0.309 e. The van der Waals surface area contributed by atoms with Crippen LogP contribution in [0.5, 0.6) is 0 Å². The van der Waals surface area contributed by atoms with Crippen LogP contribution in [-0.4, -0.2) is 30.5 Å². The average Bonchev–Trinajstić information content (AvgIpc) is 2.15. The van der Waals surface area contributed by atoms with Crippen molar-refractivity contribution in [3.8, 4) is 0 Å². The molecular weight excluding hydrogens is 228 g/mol. The Bertz CT molecular complexity index is 332. The van der Waals surface area contributed by atoms with Crippen LogP contribution in [0.15, 0.2) is 0 Å². The Morgan fingerprint density at radius 2 is 1.81 bits per heavy atom. The fourth-order valence-corrected chi connectivity index (χ4v) is 2.70. The monoisotopic (exact) mass is 250 g/mol. The van der Waals surface area contributed by atoms with Crippen molar-refractivity contribution in [3.05, 3.63) is 0 Å². The van der Waals surface area contributed by atoms with Gasteiger partial charge < -0.3 is 5.11 Å². The van der Waals surface area contributed by atoms with E-state index in [0.717, 1.165) is 6.42 Å². The molecule has 0 spiro atoms. The largest absolute Gasteiger partial charge is 0.481 e. The molecule has 0 heterocycles. The molecule has 0 saturated carbocycles. The summed E-state index contributed by atoms with van der Waals surface area (Å²) < 4.78 is 23.2. The summed E-state index contributed by atoms with van der Waals surface area (Å²) in [7, 11) is -3.15. The van der Waals surface area contributed by atoms with Crippen LogP contribution >= 0.6 is 0 Å². The van der Waals surface area contributed by atoms with Crippen LogP contribution in [-0.2, 0) is 14.6 Å². The van der Waals surface area contributed by atoms with Gasteiger partial charge in [-0.05, 0) is 33.6 Å². The number of rotatable bonds is 7. The highest BCUT2D eigenvalue weighted by atomic mass is 32.2. The van der Waals surface area contributed by atoms with E-state index in [1.54, 1.807) is 20.8 Å². The third-order valence-corrected chi connectivity index (χ3v) is 5.18. The third-order valence-electron chi connectivity index (χ3n) is 2.97. The van der Waals surface area contributed by atoms with E-state index in [0.29, 0.717) is 6.42 Å². The summed E-state index contributed by atoms with van der Waals surface area (Å²) in [5.74, 6) is -0.957. The summed E-state index contributed by atoms with van der Waals surface area (Å²) in [6.45, 7) is 6.76. The second kappa shape index (κ2) is 5.66. The molecule has 0 fully saturated rings. The van der Waals surface area contributed by atoms with Gasteiger partial charge in [-0.2, -0.15) is 0 Å². The molecule has 0 aromatic rings. The summed E-state index contributed by atoms with van der Waals surface area (Å²) in [5, 5.41) is 8.67. The summed E-state index contributed by atoms with van der Waals surface area (Å²) in [6, 6.07) is 0. The quantitative estimate of drug-likeness (QED) is 0.751. The molecule has 4 nitrogen and oxygen atoms in total. The van der Waals surface area contributed by atoms with Gasteiger partial charge >= 0.3 is 5.97 Å². The number of carboxylic acids is 1. The lowest BCUT2D eigenvalue weighted by Gasteiger charge is -2.24. The molecule has 1 unspecified atom stereocenters. The third kappa shape index (κ3) is 4.12. The number of aliphatic carboxylic acids is 1. The average molecular weight is 250 g/mol. The van der Waals surface area contributed by atoms with Crippen LogP contribution in [0.3, 0.4) is 0 Å². The molecular formula is C11H22O4S. The molecule has 0 aliphatic rings. The second-order valence-corrected chi connectivity index (χ2v) is 7.46. The van der Waals surface area contributed by atoms with E-state index in [-0.39, 0.29) is 12.2 Å². The zero-order valence-electron chi connectivity index (χ0n) is 10.5. The van der Waals surface area contributed by atoms with Gasteiger partial charge in [0, 0.05) is 0 Å². The first-order valence-corrected chi connectivity index (χ1v) is 7.32. The lowest BCUT2D eigenvalue weighted by Crippen LogP contribution is -2.31. The number of sulfone groups is 1. The SMILES string of the molecule is CCCC(C)(CCS(=O)(=O)C(C)C)C(=O)O. The Morgan fingerprint density at radius 1 is 1.31 bits per heavy atom. The summed E-state index contributed by atoms with van der Waals surface area (Å²) in [4.78, 5) is 11.1. The molecule has 0 aliphatic heterocycles. The first-order valence-electron chi connectivity index (χ1n) is 5.60. The van der Waals surface area contributed by atoms with Gasteiger partial charge in [0.15, 0.2) is 9.84 Å². The van der Waals surface area contributed by atoms with Gasteiger partial charge in [-0.25, -0.2) is 8.42 Å². The number of carbonyl (C=O) groups is 1. The molecule has 0 aromatic heterocycles. The van der Waals surface area contributed by atoms with Crippen LogP contribution in [0.2, 0.25) is 0 Å². The second-order valence-electron chi connectivity index (χ2n) is 4.78. The molecule has 0 saturated heterocycles. The minimum absolute atomic E-state index is 0.0481. The highest BCUT2D eigenvalue weighted by Crippen LogP contribution is 2.29. The Hall–Kier alpha value is -0.580. The van der Waals surface area contributed by atoms with Crippen molar-refractivity contribution in [1.82, 2.24) is 0 Å². The highest BCUT2D eigenvalue weighted by Gasteiger charge is 2.33. The van der Waals surface area contributed by atoms with E-state index in [4.69, 9.17) is 5.11 Å². The van der Waals surface area contributed by atoms with E-state index in [1.165, 1.54) is 0 Å². The Kier molecular flexibility index (Phi) is 5.46. The fraction of sp³-hybridized carbons (Fsp3) is 0.909. The molecule has 5 heteroatoms. The fourth-order valence-electron chi connectivity index (χ4n) is 1.49. The van der Waals surface area contributed by atoms with Crippen LogP contribution < -0.4 is 0 Å². The van der Waals surface area contributed by atoms with E-state index >= 15 is 0 Å². The topological polar surface area (TPSA) is 71.4 Å². The first kappa shape index (κ1) is 15.4. The molecule has 0 rings (SSSR count). The van der Waals surface area contributed by atoms with Crippen LogP contribution in [0.4, 0.5) is 0 Å². The van der Waals surface area contributed by atoms with Gasteiger partial charge in [-0.3, -0.25) is 4.79 Å². The van der Waals surface area contributed by atoms with Crippen LogP contribution in [0.1, 0.15) is 47.0 Å². The van der Waals surface area contributed by atoms with E-state index in [9.17, 15) is 13.2 Å². The normalized spacial score (nSPS) is 16.1. The van der Waals surface area contributed by atoms with Crippen LogP contribution in [0.25, 0.3) is 0 Å². The minimum Gasteiger partial charge on any atom is -0.481 e. The first-order chi connectivity index (χ1) is 7.15. The van der Waals surface area contributed by atoms with E-state index in [2.05, 4.69) is 0 Å². The van der Waals surface area contributed by atoms with Gasteiger partial charge in [-0.15, -0.1) is 0 Å². The van der Waals surface area contributed by atoms with Gasteiger partial charge in [-0.1, -0.05) is 13.3 Å². The lowest BCUT2D eigenvalue weighted by atomic mass is 9.83. The molecule has 0 radical (unpaired) electrons. The lowest BCUT2D eigenvalue weighted by molar-refractivity contribution is -0.148. The van der Waals surface area contributed by atoms with Crippen LogP contribution in [0, 0.1) is 5.41 Å². The van der Waals surface area contributed by atoms with Gasteiger partial charge in [0.05, 0.1) is 16.4 Å². The number of hydrogen-bond donors (Lipinski definition) is 1. The maximum atomic E-state index is 11.6. The molecule has 96 valence electrons. The molecule has 0 aliphatic carbocycles. The molecule has 0 bridgehead atoms. The Balaban J connectivity index is 4.63. The number of carboxylic acid groups (broad SMARTS) is 1. The zero-order valence-corrected chi connectivity index (χ0v) is 11.3. The van der Waals surface area contributed by atoms with Crippen molar-refractivity contribution in [2.45, 2.75) is 52.2 Å². The van der Waals surface area contributed by atoms with Gasteiger partial charge in [0.2, 0.25) is 0 Å². The van der Waals surface area contributed by atoms with E-state index in [1.807, 2.05) is 6.92 Å². The molecule has 0 amide bonds. The maximum Gasteiger partial charge on any atom is 0.309 e. The molecule has 0 aromatic carbocycles. The Labute approximate surface area is 98.0 Å². The summed E-state index contributed by atoms with van der Waals surface area (Å²) >= 11 is 0. The van der Waals surface area contributed by atoms with Crippen molar-refractivity contribution < 1.29 is 18.3 Å². The highest BCUT2D eigenvalue weighted by molar-refractivity contribution is 7.91. The predicted molar refractivity (Wildman–Crippen MR) is 64.2 cm³/mol. The van der Waals surface area contributed by atoms with Gasteiger partial charge in [0.25, 0.3) is 0 Å². The van der Waals surface area contributed by atoms with Crippen molar-refractivity contribution in [2.24, 2.45) is 5.41 Å². The zero-order chi connectivity index (χ0) is 13.0. The van der Waals surface area contributed by atoms with Crippen molar-refractivity contribution >= 4 is 15.8 Å².